The van der Waals surface area contributed by atoms with Gasteiger partial charge in [-0.3, -0.25) is 9.69 Å². The smallest absolute Gasteiger partial charge is 0.234 e. The zero-order valence-electron chi connectivity index (χ0n) is 12.1. The average Bonchev–Trinajstić information content (AvgIpc) is 2.41. The zero-order chi connectivity index (χ0) is 14.2. The Labute approximate surface area is 121 Å². The van der Waals surface area contributed by atoms with Crippen molar-refractivity contribution in [3.8, 4) is 0 Å². The highest BCUT2D eigenvalue weighted by molar-refractivity contribution is 5.78. The maximum atomic E-state index is 11.9. The number of rotatable bonds is 8. The molecule has 0 aliphatic heterocycles. The highest BCUT2D eigenvalue weighted by Crippen LogP contribution is 2.27. The van der Waals surface area contributed by atoms with Gasteiger partial charge >= 0.3 is 0 Å². The maximum Gasteiger partial charge on any atom is 0.234 e. The van der Waals surface area contributed by atoms with Crippen LogP contribution in [-0.2, 0) is 11.3 Å². The lowest BCUT2D eigenvalue weighted by atomic mass is 9.85. The monoisotopic (exact) mass is 272 g/mol. The van der Waals surface area contributed by atoms with Crippen molar-refractivity contribution in [2.24, 2.45) is 5.92 Å². The van der Waals surface area contributed by atoms with Crippen LogP contribution >= 0.6 is 0 Å². The van der Waals surface area contributed by atoms with Gasteiger partial charge in [0.1, 0.15) is 0 Å². The molecule has 1 fully saturated rings. The van der Waals surface area contributed by atoms with Crippen molar-refractivity contribution < 1.29 is 4.79 Å². The number of hydrogen-bond donors (Lipinski definition) is 1. The van der Waals surface area contributed by atoms with Gasteiger partial charge < -0.3 is 5.32 Å². The lowest BCUT2D eigenvalue weighted by Gasteiger charge is -2.32. The first kappa shape index (κ1) is 14.8. The first-order chi connectivity index (χ1) is 9.78. The van der Waals surface area contributed by atoms with Crippen LogP contribution in [0.5, 0.6) is 0 Å². The lowest BCUT2D eigenvalue weighted by Crippen LogP contribution is -2.40. The van der Waals surface area contributed by atoms with E-state index in [1.54, 1.807) is 6.08 Å². The highest BCUT2D eigenvalue weighted by Gasteiger charge is 2.22. The van der Waals surface area contributed by atoms with Crippen LogP contribution in [-0.4, -0.2) is 30.4 Å². The summed E-state index contributed by atoms with van der Waals surface area (Å²) in [5.74, 6) is 0.853. The van der Waals surface area contributed by atoms with Crippen molar-refractivity contribution in [2.45, 2.75) is 25.8 Å². The molecule has 0 spiro atoms. The third kappa shape index (κ3) is 4.82. The molecular formula is C17H24N2O. The molecule has 1 aromatic carbocycles. The Morgan fingerprint density at radius 2 is 2.10 bits per heavy atom. The molecule has 3 heteroatoms. The molecule has 20 heavy (non-hydrogen) atoms. The highest BCUT2D eigenvalue weighted by atomic mass is 16.2. The van der Waals surface area contributed by atoms with Crippen LogP contribution < -0.4 is 5.32 Å². The molecule has 108 valence electrons. The lowest BCUT2D eigenvalue weighted by molar-refractivity contribution is -0.122. The predicted octanol–water partition coefficient (Wildman–Crippen LogP) is 2.59. The molecule has 1 N–H and O–H groups in total. The van der Waals surface area contributed by atoms with E-state index in [-0.39, 0.29) is 5.91 Å². The molecule has 0 aromatic heterocycles. The molecule has 0 heterocycles. The second kappa shape index (κ2) is 7.85. The summed E-state index contributed by atoms with van der Waals surface area (Å²) in [5.41, 5.74) is 1.27. The molecule has 2 rings (SSSR count). The second-order valence-corrected chi connectivity index (χ2v) is 5.54. The van der Waals surface area contributed by atoms with E-state index in [0.29, 0.717) is 13.1 Å². The van der Waals surface area contributed by atoms with Crippen molar-refractivity contribution in [2.75, 3.05) is 19.6 Å². The minimum atomic E-state index is 0.0835. The maximum absolute atomic E-state index is 11.9. The normalized spacial score (nSPS) is 14.8. The van der Waals surface area contributed by atoms with Crippen LogP contribution in [0.4, 0.5) is 0 Å². The van der Waals surface area contributed by atoms with Gasteiger partial charge in [-0.15, -0.1) is 6.58 Å². The molecule has 0 bridgehead atoms. The van der Waals surface area contributed by atoms with E-state index in [9.17, 15) is 4.79 Å². The Hall–Kier alpha value is -1.61. The standard InChI is InChI=1S/C17H24N2O/c1-2-11-18-17(20)14-19(13-16-9-6-10-16)12-15-7-4-3-5-8-15/h2-5,7-8,16H,1,6,9-14H2,(H,18,20). The summed E-state index contributed by atoms with van der Waals surface area (Å²) in [7, 11) is 0. The van der Waals surface area contributed by atoms with Gasteiger partial charge in [-0.2, -0.15) is 0 Å². The van der Waals surface area contributed by atoms with E-state index in [4.69, 9.17) is 0 Å². The molecule has 1 aliphatic carbocycles. The Morgan fingerprint density at radius 3 is 2.70 bits per heavy atom. The van der Waals surface area contributed by atoms with Crippen LogP contribution in [0.3, 0.4) is 0 Å². The first-order valence-corrected chi connectivity index (χ1v) is 7.42. The first-order valence-electron chi connectivity index (χ1n) is 7.42. The van der Waals surface area contributed by atoms with E-state index in [0.717, 1.165) is 19.0 Å². The fourth-order valence-corrected chi connectivity index (χ4v) is 2.51. The quantitative estimate of drug-likeness (QED) is 0.738. The molecule has 1 saturated carbocycles. The van der Waals surface area contributed by atoms with Gasteiger partial charge in [0.25, 0.3) is 0 Å². The number of carbonyl (C=O) groups excluding carboxylic acids is 1. The number of nitrogens with one attached hydrogen (secondary N) is 1. The topological polar surface area (TPSA) is 32.3 Å². The van der Waals surface area contributed by atoms with Crippen LogP contribution in [0.2, 0.25) is 0 Å². The summed E-state index contributed by atoms with van der Waals surface area (Å²) in [6, 6.07) is 10.4. The Bertz CT molecular complexity index is 426. The fraction of sp³-hybridized carbons (Fsp3) is 0.471. The average molecular weight is 272 g/mol. The number of carbonyl (C=O) groups is 1. The van der Waals surface area contributed by atoms with Gasteiger partial charge in [0.2, 0.25) is 5.91 Å². The van der Waals surface area contributed by atoms with E-state index >= 15 is 0 Å². The summed E-state index contributed by atoms with van der Waals surface area (Å²) < 4.78 is 0. The number of hydrogen-bond acceptors (Lipinski definition) is 2. The molecule has 1 aromatic rings. The molecule has 3 nitrogen and oxygen atoms in total. The van der Waals surface area contributed by atoms with Crippen LogP contribution in [0.15, 0.2) is 43.0 Å². The van der Waals surface area contributed by atoms with Gasteiger partial charge in [-0.05, 0) is 24.3 Å². The number of nitrogens with zero attached hydrogens (tertiary/aromatic N) is 1. The Morgan fingerprint density at radius 1 is 1.35 bits per heavy atom. The molecule has 0 saturated heterocycles. The van der Waals surface area contributed by atoms with Crippen LogP contribution in [0.25, 0.3) is 0 Å². The summed E-state index contributed by atoms with van der Waals surface area (Å²) >= 11 is 0. The van der Waals surface area contributed by atoms with Crippen LogP contribution in [0, 0.1) is 5.92 Å². The summed E-state index contributed by atoms with van der Waals surface area (Å²) in [4.78, 5) is 14.2. The third-order valence-corrected chi connectivity index (χ3v) is 3.80. The van der Waals surface area contributed by atoms with E-state index < -0.39 is 0 Å². The SMILES string of the molecule is C=CCNC(=O)CN(Cc1ccccc1)CC1CCC1. The minimum absolute atomic E-state index is 0.0835. The van der Waals surface area contributed by atoms with Crippen molar-refractivity contribution >= 4 is 5.91 Å². The van der Waals surface area contributed by atoms with E-state index in [1.807, 2.05) is 6.07 Å². The number of amides is 1. The molecule has 1 aliphatic rings. The van der Waals surface area contributed by atoms with E-state index in [2.05, 4.69) is 41.1 Å². The van der Waals surface area contributed by atoms with Gasteiger partial charge in [-0.1, -0.05) is 42.8 Å². The predicted molar refractivity (Wildman–Crippen MR) is 82.3 cm³/mol. The zero-order valence-corrected chi connectivity index (χ0v) is 12.1. The largest absolute Gasteiger partial charge is 0.352 e. The van der Waals surface area contributed by atoms with Crippen molar-refractivity contribution in [1.29, 1.82) is 0 Å². The van der Waals surface area contributed by atoms with Gasteiger partial charge in [0.15, 0.2) is 0 Å². The molecule has 0 radical (unpaired) electrons. The molecule has 0 unspecified atom stereocenters. The molecule has 1 amide bonds. The summed E-state index contributed by atoms with van der Waals surface area (Å²) in [6.45, 7) is 6.51. The van der Waals surface area contributed by atoms with Crippen LogP contribution in [0.1, 0.15) is 24.8 Å². The Balaban J connectivity index is 1.89. The summed E-state index contributed by atoms with van der Waals surface area (Å²) in [6.07, 6.45) is 5.66. The van der Waals surface area contributed by atoms with Crippen molar-refractivity contribution in [3.05, 3.63) is 48.6 Å². The molecule has 0 atom stereocenters. The summed E-state index contributed by atoms with van der Waals surface area (Å²) in [5, 5.41) is 2.86. The van der Waals surface area contributed by atoms with Gasteiger partial charge in [0.05, 0.1) is 6.54 Å². The Kier molecular flexibility index (Phi) is 5.81. The fourth-order valence-electron chi connectivity index (χ4n) is 2.51. The van der Waals surface area contributed by atoms with Gasteiger partial charge in [-0.25, -0.2) is 0 Å². The van der Waals surface area contributed by atoms with Crippen molar-refractivity contribution in [3.63, 3.8) is 0 Å². The van der Waals surface area contributed by atoms with Gasteiger partial charge in [0, 0.05) is 19.6 Å². The number of benzene rings is 1. The van der Waals surface area contributed by atoms with E-state index in [1.165, 1.54) is 24.8 Å². The van der Waals surface area contributed by atoms with Crippen molar-refractivity contribution in [1.82, 2.24) is 10.2 Å². The minimum Gasteiger partial charge on any atom is -0.352 e. The third-order valence-electron chi connectivity index (χ3n) is 3.80. The molecular weight excluding hydrogens is 248 g/mol. The second-order valence-electron chi connectivity index (χ2n) is 5.54.